The molecule has 0 saturated carbocycles. The van der Waals surface area contributed by atoms with Crippen LogP contribution in [0.3, 0.4) is 0 Å². The molecule has 0 aliphatic carbocycles. The Labute approximate surface area is 132 Å². The number of ether oxygens (including phenoxy) is 1. The number of nitrogens with one attached hydrogen (secondary N) is 1. The molecule has 0 unspecified atom stereocenters. The number of piperidine rings is 1. The second-order valence-electron chi connectivity index (χ2n) is 5.42. The fourth-order valence-corrected chi connectivity index (χ4v) is 2.55. The Balaban J connectivity index is 1.75. The quantitative estimate of drug-likeness (QED) is 0.621. The van der Waals surface area contributed by atoms with Crippen LogP contribution >= 0.6 is 0 Å². The first kappa shape index (κ1) is 16.5. The van der Waals surface area contributed by atoms with Gasteiger partial charge in [-0.3, -0.25) is 4.79 Å². The van der Waals surface area contributed by atoms with Gasteiger partial charge < -0.3 is 9.64 Å². The number of benzene rings is 1. The van der Waals surface area contributed by atoms with Crippen molar-refractivity contribution in [3.63, 3.8) is 0 Å². The van der Waals surface area contributed by atoms with Crippen molar-refractivity contribution in [3.05, 3.63) is 29.8 Å². The molecule has 0 aromatic heterocycles. The van der Waals surface area contributed by atoms with Gasteiger partial charge >= 0.3 is 0 Å². The van der Waals surface area contributed by atoms with Gasteiger partial charge in [-0.1, -0.05) is 18.6 Å². The van der Waals surface area contributed by atoms with Crippen LogP contribution in [0.25, 0.3) is 0 Å². The number of carbonyl (C=O) groups is 1. The number of carbonyl (C=O) groups excluding carboxylic acids is 1. The van der Waals surface area contributed by atoms with Gasteiger partial charge in [-0.05, 0) is 45.0 Å². The Morgan fingerprint density at radius 3 is 2.86 bits per heavy atom. The summed E-state index contributed by atoms with van der Waals surface area (Å²) in [4.78, 5) is 14.1. The van der Waals surface area contributed by atoms with Crippen LogP contribution in [0.5, 0.6) is 5.75 Å². The maximum absolute atomic E-state index is 11.8. The van der Waals surface area contributed by atoms with Crippen molar-refractivity contribution in [2.45, 2.75) is 32.6 Å². The molecule has 1 heterocycles. The number of hydrogen-bond donors (Lipinski definition) is 1. The third kappa shape index (κ3) is 5.48. The van der Waals surface area contributed by atoms with E-state index >= 15 is 0 Å². The first-order valence-electron chi connectivity index (χ1n) is 8.05. The van der Waals surface area contributed by atoms with Crippen molar-refractivity contribution in [3.8, 4) is 5.75 Å². The molecule has 1 aromatic rings. The summed E-state index contributed by atoms with van der Waals surface area (Å²) in [6.45, 7) is 5.58. The molecule has 1 amide bonds. The second kappa shape index (κ2) is 9.20. The summed E-state index contributed by atoms with van der Waals surface area (Å²) in [6, 6.07) is 7.64. The molecule has 1 aliphatic heterocycles. The lowest BCUT2D eigenvalue weighted by atomic mass is 10.1. The van der Waals surface area contributed by atoms with Crippen molar-refractivity contribution >= 4 is 12.1 Å². The highest BCUT2D eigenvalue weighted by atomic mass is 16.5. The summed E-state index contributed by atoms with van der Waals surface area (Å²) in [5.41, 5.74) is 3.45. The van der Waals surface area contributed by atoms with Gasteiger partial charge in [0, 0.05) is 18.5 Å². The van der Waals surface area contributed by atoms with Crippen LogP contribution in [0.1, 0.15) is 38.2 Å². The van der Waals surface area contributed by atoms with Crippen molar-refractivity contribution in [2.75, 3.05) is 26.2 Å². The summed E-state index contributed by atoms with van der Waals surface area (Å²) in [7, 11) is 0. The first-order valence-corrected chi connectivity index (χ1v) is 8.05. The van der Waals surface area contributed by atoms with Crippen molar-refractivity contribution in [2.24, 2.45) is 5.10 Å². The third-order valence-corrected chi connectivity index (χ3v) is 3.72. The molecular weight excluding hydrogens is 278 g/mol. The number of likely N-dealkylation sites (tertiary alicyclic amines) is 1. The number of amides is 1. The lowest BCUT2D eigenvalue weighted by Crippen LogP contribution is -2.33. The number of hydrazone groups is 1. The van der Waals surface area contributed by atoms with Crippen molar-refractivity contribution in [1.29, 1.82) is 0 Å². The normalized spacial score (nSPS) is 15.9. The molecule has 0 spiro atoms. The minimum atomic E-state index is -0.0456. The predicted molar refractivity (Wildman–Crippen MR) is 88.3 cm³/mol. The van der Waals surface area contributed by atoms with Crippen molar-refractivity contribution in [1.82, 2.24) is 10.3 Å². The molecule has 22 heavy (non-hydrogen) atoms. The molecule has 120 valence electrons. The van der Waals surface area contributed by atoms with Crippen LogP contribution in [0, 0.1) is 0 Å². The summed E-state index contributed by atoms with van der Waals surface area (Å²) in [5, 5.41) is 4.03. The average Bonchev–Trinajstić information content (AvgIpc) is 2.56. The summed E-state index contributed by atoms with van der Waals surface area (Å²) < 4.78 is 5.51. The molecule has 1 N–H and O–H groups in total. The van der Waals surface area contributed by atoms with Crippen molar-refractivity contribution < 1.29 is 9.53 Å². The van der Waals surface area contributed by atoms with E-state index in [1.807, 2.05) is 31.2 Å². The number of rotatable bonds is 7. The molecular formula is C17H25N3O2. The molecule has 5 heteroatoms. The maximum Gasteiger partial charge on any atom is 0.241 e. The van der Waals surface area contributed by atoms with E-state index < -0.39 is 0 Å². The summed E-state index contributed by atoms with van der Waals surface area (Å²) >= 11 is 0. The molecule has 0 radical (unpaired) electrons. The largest absolute Gasteiger partial charge is 0.493 e. The monoisotopic (exact) mass is 303 g/mol. The Morgan fingerprint density at radius 1 is 1.32 bits per heavy atom. The minimum absolute atomic E-state index is 0.0456. The van der Waals surface area contributed by atoms with Crippen LogP contribution in [0.4, 0.5) is 0 Å². The van der Waals surface area contributed by atoms with E-state index in [4.69, 9.17) is 4.74 Å². The van der Waals surface area contributed by atoms with Crippen LogP contribution in [0.15, 0.2) is 29.4 Å². The van der Waals surface area contributed by atoms with Gasteiger partial charge in [0.05, 0.1) is 12.8 Å². The molecule has 1 aliphatic rings. The first-order chi connectivity index (χ1) is 10.8. The molecule has 5 nitrogen and oxygen atoms in total. The maximum atomic E-state index is 11.8. The number of nitrogens with zero attached hydrogens (tertiary/aromatic N) is 2. The second-order valence-corrected chi connectivity index (χ2v) is 5.42. The average molecular weight is 303 g/mol. The molecule has 1 fully saturated rings. The lowest BCUT2D eigenvalue weighted by molar-refractivity contribution is -0.121. The minimum Gasteiger partial charge on any atom is -0.493 e. The Bertz CT molecular complexity index is 496. The molecule has 1 aromatic carbocycles. The Morgan fingerprint density at radius 2 is 2.09 bits per heavy atom. The summed E-state index contributed by atoms with van der Waals surface area (Å²) in [5.74, 6) is 0.729. The zero-order valence-corrected chi connectivity index (χ0v) is 13.3. The van der Waals surface area contributed by atoms with Gasteiger partial charge in [-0.25, -0.2) is 5.43 Å². The number of hydrogen-bond acceptors (Lipinski definition) is 4. The van der Waals surface area contributed by atoms with Crippen LogP contribution < -0.4 is 10.2 Å². The van der Waals surface area contributed by atoms with E-state index in [1.165, 1.54) is 19.3 Å². The van der Waals surface area contributed by atoms with E-state index in [0.29, 0.717) is 13.0 Å². The van der Waals surface area contributed by atoms with E-state index in [9.17, 15) is 4.79 Å². The highest BCUT2D eigenvalue weighted by Gasteiger charge is 2.11. The third-order valence-electron chi connectivity index (χ3n) is 3.72. The molecule has 1 saturated heterocycles. The SMILES string of the molecule is CCOc1ccccc1/C=N/NC(=O)CCN1CCCCC1. The van der Waals surface area contributed by atoms with Crippen LogP contribution in [0.2, 0.25) is 0 Å². The van der Waals surface area contributed by atoms with Gasteiger partial charge in [0.2, 0.25) is 5.91 Å². The van der Waals surface area contributed by atoms with Crippen LogP contribution in [-0.2, 0) is 4.79 Å². The van der Waals surface area contributed by atoms with Gasteiger partial charge in [0.15, 0.2) is 0 Å². The highest BCUT2D eigenvalue weighted by molar-refractivity contribution is 5.85. The zero-order valence-electron chi connectivity index (χ0n) is 13.3. The Kier molecular flexibility index (Phi) is 6.90. The fraction of sp³-hybridized carbons (Fsp3) is 0.529. The Hall–Kier alpha value is -1.88. The van der Waals surface area contributed by atoms with E-state index in [2.05, 4.69) is 15.4 Å². The smallest absolute Gasteiger partial charge is 0.241 e. The van der Waals surface area contributed by atoms with Gasteiger partial charge in [0.25, 0.3) is 0 Å². The highest BCUT2D eigenvalue weighted by Crippen LogP contribution is 2.15. The fourth-order valence-electron chi connectivity index (χ4n) is 2.55. The van der Waals surface area contributed by atoms with E-state index in [1.54, 1.807) is 6.21 Å². The van der Waals surface area contributed by atoms with E-state index in [0.717, 1.165) is 30.9 Å². The van der Waals surface area contributed by atoms with Gasteiger partial charge in [0.1, 0.15) is 5.75 Å². The molecule has 0 bridgehead atoms. The topological polar surface area (TPSA) is 53.9 Å². The number of para-hydroxylation sites is 1. The lowest BCUT2D eigenvalue weighted by Gasteiger charge is -2.25. The predicted octanol–water partition coefficient (Wildman–Crippen LogP) is 2.41. The van der Waals surface area contributed by atoms with E-state index in [-0.39, 0.29) is 5.91 Å². The standard InChI is InChI=1S/C17H25N3O2/c1-2-22-16-9-5-4-8-15(16)14-18-19-17(21)10-13-20-11-6-3-7-12-20/h4-5,8-9,14H,2-3,6-7,10-13H2,1H3,(H,19,21)/b18-14+. The van der Waals surface area contributed by atoms with Gasteiger partial charge in [-0.2, -0.15) is 5.10 Å². The molecule has 0 atom stereocenters. The zero-order chi connectivity index (χ0) is 15.6. The summed E-state index contributed by atoms with van der Waals surface area (Å²) in [6.07, 6.45) is 5.92. The van der Waals surface area contributed by atoms with Crippen LogP contribution in [-0.4, -0.2) is 43.3 Å². The van der Waals surface area contributed by atoms with Gasteiger partial charge in [-0.15, -0.1) is 0 Å². The molecule has 2 rings (SSSR count).